The van der Waals surface area contributed by atoms with Crippen LogP contribution in [0.2, 0.25) is 0 Å². The van der Waals surface area contributed by atoms with Gasteiger partial charge in [0.1, 0.15) is 5.75 Å². The smallest absolute Gasteiger partial charge is 0.422 e. The topological polar surface area (TPSA) is 41.6 Å². The summed E-state index contributed by atoms with van der Waals surface area (Å²) in [5.74, 6) is -0.0244. The van der Waals surface area contributed by atoms with Gasteiger partial charge in [0.15, 0.2) is 6.61 Å². The fraction of sp³-hybridized carbons (Fsp3) is 0.500. The number of amides is 1. The molecule has 1 fully saturated rings. The predicted octanol–water partition coefficient (Wildman–Crippen LogP) is 2.06. The Labute approximate surface area is 120 Å². The van der Waals surface area contributed by atoms with Crippen LogP contribution >= 0.6 is 0 Å². The van der Waals surface area contributed by atoms with Crippen molar-refractivity contribution in [2.75, 3.05) is 26.2 Å². The summed E-state index contributed by atoms with van der Waals surface area (Å²) in [7, 11) is 0. The van der Waals surface area contributed by atoms with Crippen LogP contribution < -0.4 is 10.1 Å². The van der Waals surface area contributed by atoms with Gasteiger partial charge in [-0.3, -0.25) is 4.79 Å². The first-order valence-electron chi connectivity index (χ1n) is 6.68. The second kappa shape index (κ2) is 6.34. The maximum absolute atomic E-state index is 12.3. The monoisotopic (exact) mass is 302 g/mol. The maximum Gasteiger partial charge on any atom is 0.422 e. The van der Waals surface area contributed by atoms with Gasteiger partial charge < -0.3 is 15.0 Å². The van der Waals surface area contributed by atoms with Crippen LogP contribution in [0.1, 0.15) is 17.3 Å². The minimum atomic E-state index is -4.37. The molecule has 1 atom stereocenters. The molecular weight excluding hydrogens is 285 g/mol. The van der Waals surface area contributed by atoms with Gasteiger partial charge in [-0.05, 0) is 31.2 Å². The maximum atomic E-state index is 12.3. The molecule has 1 saturated heterocycles. The van der Waals surface area contributed by atoms with Gasteiger partial charge in [0, 0.05) is 31.2 Å². The van der Waals surface area contributed by atoms with Crippen LogP contribution in [0.4, 0.5) is 13.2 Å². The second-order valence-corrected chi connectivity index (χ2v) is 4.98. The van der Waals surface area contributed by atoms with Crippen molar-refractivity contribution < 1.29 is 22.7 Å². The number of piperazine rings is 1. The molecule has 0 aromatic heterocycles. The lowest BCUT2D eigenvalue weighted by Crippen LogP contribution is -2.52. The average Bonchev–Trinajstić information content (AvgIpc) is 2.45. The highest BCUT2D eigenvalue weighted by Gasteiger charge is 2.28. The molecule has 21 heavy (non-hydrogen) atoms. The molecular formula is C14H17F3N2O2. The zero-order valence-electron chi connectivity index (χ0n) is 11.6. The number of ether oxygens (including phenoxy) is 1. The van der Waals surface area contributed by atoms with E-state index >= 15 is 0 Å². The van der Waals surface area contributed by atoms with Crippen molar-refractivity contribution in [2.24, 2.45) is 0 Å². The molecule has 1 amide bonds. The molecule has 7 heteroatoms. The van der Waals surface area contributed by atoms with E-state index in [1.165, 1.54) is 24.3 Å². The molecule has 0 saturated carbocycles. The molecule has 1 aliphatic heterocycles. The molecule has 116 valence electrons. The Kier molecular flexibility index (Phi) is 4.72. The van der Waals surface area contributed by atoms with Crippen molar-refractivity contribution >= 4 is 5.91 Å². The fourth-order valence-electron chi connectivity index (χ4n) is 2.17. The molecule has 4 nitrogen and oxygen atoms in total. The average molecular weight is 302 g/mol. The van der Waals surface area contributed by atoms with Gasteiger partial charge >= 0.3 is 6.18 Å². The SMILES string of the molecule is C[C@H]1CNCCN1C(=O)c1ccc(OCC(F)(F)F)cc1. The van der Waals surface area contributed by atoms with Gasteiger partial charge in [0.25, 0.3) is 5.91 Å². The number of carbonyl (C=O) groups is 1. The van der Waals surface area contributed by atoms with Crippen molar-refractivity contribution in [1.82, 2.24) is 10.2 Å². The molecule has 0 unspecified atom stereocenters. The summed E-state index contributed by atoms with van der Waals surface area (Å²) < 4.78 is 40.7. The van der Waals surface area contributed by atoms with Crippen LogP contribution in [0.3, 0.4) is 0 Å². The van der Waals surface area contributed by atoms with Crippen molar-refractivity contribution in [3.63, 3.8) is 0 Å². The Morgan fingerprint density at radius 1 is 1.38 bits per heavy atom. The number of rotatable bonds is 3. The highest BCUT2D eigenvalue weighted by molar-refractivity contribution is 5.94. The quantitative estimate of drug-likeness (QED) is 0.929. The standard InChI is InChI=1S/C14H17F3N2O2/c1-10-8-18-6-7-19(10)13(20)11-2-4-12(5-3-11)21-9-14(15,16)17/h2-5,10,18H,6-9H2,1H3/t10-/m0/s1. The minimum Gasteiger partial charge on any atom is -0.484 e. The van der Waals surface area contributed by atoms with E-state index in [-0.39, 0.29) is 17.7 Å². The summed E-state index contributed by atoms with van der Waals surface area (Å²) in [5, 5.41) is 3.19. The Morgan fingerprint density at radius 2 is 2.05 bits per heavy atom. The third-order valence-corrected chi connectivity index (χ3v) is 3.27. The van der Waals surface area contributed by atoms with Gasteiger partial charge in [-0.1, -0.05) is 0 Å². The number of nitrogens with zero attached hydrogens (tertiary/aromatic N) is 1. The Bertz CT molecular complexity index is 488. The lowest BCUT2D eigenvalue weighted by atomic mass is 10.1. The normalized spacial score (nSPS) is 19.4. The van der Waals surface area contributed by atoms with Crippen molar-refractivity contribution in [3.8, 4) is 5.75 Å². The third-order valence-electron chi connectivity index (χ3n) is 3.27. The Hall–Kier alpha value is -1.76. The number of nitrogens with one attached hydrogen (secondary N) is 1. The summed E-state index contributed by atoms with van der Waals surface area (Å²) in [6.45, 7) is 2.70. The summed E-state index contributed by atoms with van der Waals surface area (Å²) in [6, 6.07) is 5.83. The molecule has 0 radical (unpaired) electrons. The van der Waals surface area contributed by atoms with Crippen molar-refractivity contribution in [2.45, 2.75) is 19.1 Å². The lowest BCUT2D eigenvalue weighted by Gasteiger charge is -2.34. The largest absolute Gasteiger partial charge is 0.484 e. The molecule has 0 spiro atoms. The van der Waals surface area contributed by atoms with Crippen LogP contribution in [-0.2, 0) is 0 Å². The van der Waals surface area contributed by atoms with E-state index in [0.29, 0.717) is 12.1 Å². The van der Waals surface area contributed by atoms with E-state index in [4.69, 9.17) is 0 Å². The zero-order valence-corrected chi connectivity index (χ0v) is 11.6. The Balaban J connectivity index is 1.99. The van der Waals surface area contributed by atoms with Crippen molar-refractivity contribution in [1.29, 1.82) is 0 Å². The first kappa shape index (κ1) is 15.6. The predicted molar refractivity (Wildman–Crippen MR) is 71.4 cm³/mol. The van der Waals surface area contributed by atoms with E-state index in [9.17, 15) is 18.0 Å². The van der Waals surface area contributed by atoms with Crippen LogP contribution in [0, 0.1) is 0 Å². The summed E-state index contributed by atoms with van der Waals surface area (Å²) in [4.78, 5) is 14.1. The first-order chi connectivity index (χ1) is 9.87. The number of halogens is 3. The van der Waals surface area contributed by atoms with E-state index < -0.39 is 12.8 Å². The second-order valence-electron chi connectivity index (χ2n) is 4.98. The Morgan fingerprint density at radius 3 is 2.62 bits per heavy atom. The van der Waals surface area contributed by atoms with Gasteiger partial charge in [0.05, 0.1) is 0 Å². The molecule has 2 rings (SSSR count). The highest BCUT2D eigenvalue weighted by atomic mass is 19.4. The zero-order chi connectivity index (χ0) is 15.5. The molecule has 0 bridgehead atoms. The van der Waals surface area contributed by atoms with Crippen LogP contribution in [0.5, 0.6) is 5.75 Å². The highest BCUT2D eigenvalue weighted by Crippen LogP contribution is 2.19. The van der Waals surface area contributed by atoms with Gasteiger partial charge in [-0.25, -0.2) is 0 Å². The number of benzene rings is 1. The number of hydrogen-bond donors (Lipinski definition) is 1. The molecule has 1 aliphatic rings. The summed E-state index contributed by atoms with van der Waals surface area (Å²) in [6.07, 6.45) is -4.37. The van der Waals surface area contributed by atoms with E-state index in [1.807, 2.05) is 6.92 Å². The summed E-state index contributed by atoms with van der Waals surface area (Å²) in [5.41, 5.74) is 0.447. The van der Waals surface area contributed by atoms with Gasteiger partial charge in [-0.15, -0.1) is 0 Å². The van der Waals surface area contributed by atoms with E-state index in [0.717, 1.165) is 13.1 Å². The van der Waals surface area contributed by atoms with Crippen molar-refractivity contribution in [3.05, 3.63) is 29.8 Å². The van der Waals surface area contributed by atoms with E-state index in [1.54, 1.807) is 4.90 Å². The molecule has 1 aromatic carbocycles. The van der Waals surface area contributed by atoms with Gasteiger partial charge in [0.2, 0.25) is 0 Å². The fourth-order valence-corrected chi connectivity index (χ4v) is 2.17. The lowest BCUT2D eigenvalue weighted by molar-refractivity contribution is -0.153. The van der Waals surface area contributed by atoms with Gasteiger partial charge in [-0.2, -0.15) is 13.2 Å². The van der Waals surface area contributed by atoms with E-state index in [2.05, 4.69) is 10.1 Å². The van der Waals surface area contributed by atoms with Crippen LogP contribution in [0.25, 0.3) is 0 Å². The molecule has 1 aromatic rings. The molecule has 1 heterocycles. The number of carbonyl (C=O) groups excluding carboxylic acids is 1. The number of hydrogen-bond acceptors (Lipinski definition) is 3. The molecule has 1 N–H and O–H groups in total. The van der Waals surface area contributed by atoms with Crippen LogP contribution in [-0.4, -0.2) is 49.3 Å². The third kappa shape index (κ3) is 4.35. The minimum absolute atomic E-state index is 0.0902. The number of alkyl halides is 3. The van der Waals surface area contributed by atoms with Crippen LogP contribution in [0.15, 0.2) is 24.3 Å². The molecule has 0 aliphatic carbocycles. The first-order valence-corrected chi connectivity index (χ1v) is 6.68. The summed E-state index contributed by atoms with van der Waals surface area (Å²) >= 11 is 0.